The molecule has 0 aromatic carbocycles. The van der Waals surface area contributed by atoms with E-state index in [2.05, 4.69) is 54.5 Å². The van der Waals surface area contributed by atoms with Crippen molar-refractivity contribution in [2.75, 3.05) is 13.2 Å². The molecule has 5 aliphatic carbocycles. The second kappa shape index (κ2) is 17.2. The molecule has 0 amide bonds. The van der Waals surface area contributed by atoms with E-state index in [1.165, 1.54) is 5.57 Å². The lowest BCUT2D eigenvalue weighted by molar-refractivity contribution is -0.378. The van der Waals surface area contributed by atoms with Crippen molar-refractivity contribution < 1.29 is 89.1 Å². The van der Waals surface area contributed by atoms with Crippen LogP contribution in [0, 0.1) is 50.2 Å². The summed E-state index contributed by atoms with van der Waals surface area (Å²) in [6, 6.07) is 0. The smallest absolute Gasteiger partial charge is 0.335 e. The summed E-state index contributed by atoms with van der Waals surface area (Å²) in [5, 5.41) is 106. The minimum absolute atomic E-state index is 0.0127. The summed E-state index contributed by atoms with van der Waals surface area (Å²) < 4.78 is 35.8. The Hall–Kier alpha value is -1.88. The molecule has 22 atom stereocenters. The van der Waals surface area contributed by atoms with Crippen LogP contribution >= 0.6 is 0 Å². The van der Waals surface area contributed by atoms with Crippen LogP contribution in [0.2, 0.25) is 0 Å². The number of aliphatic carboxylic acids is 2. The van der Waals surface area contributed by atoms with Gasteiger partial charge in [0, 0.05) is 0 Å². The molecule has 3 saturated heterocycles. The maximum atomic E-state index is 13.1. The Kier molecular flexibility index (Phi) is 13.1. The molecule has 3 aliphatic heterocycles. The Labute approximate surface area is 380 Å². The number of rotatable bonds is 10. The van der Waals surface area contributed by atoms with Crippen LogP contribution in [-0.4, -0.2) is 168 Å². The first-order valence-electron chi connectivity index (χ1n) is 23.7. The molecule has 0 unspecified atom stereocenters. The number of fused-ring (bicyclic) bond motifs is 7. The van der Waals surface area contributed by atoms with Gasteiger partial charge in [0.25, 0.3) is 0 Å². The lowest BCUT2D eigenvalue weighted by Crippen LogP contribution is -2.68. The predicted octanol–water partition coefficient (Wildman–Crippen LogP) is 1.44. The van der Waals surface area contributed by atoms with Gasteiger partial charge >= 0.3 is 11.9 Å². The van der Waals surface area contributed by atoms with Crippen molar-refractivity contribution in [1.82, 2.24) is 0 Å². The van der Waals surface area contributed by atoms with Crippen molar-refractivity contribution in [1.29, 1.82) is 0 Å². The summed E-state index contributed by atoms with van der Waals surface area (Å²) in [6.07, 6.45) is -14.9. The molecule has 18 nitrogen and oxygen atoms in total. The van der Waals surface area contributed by atoms with E-state index in [0.29, 0.717) is 19.3 Å². The van der Waals surface area contributed by atoms with Crippen LogP contribution < -0.4 is 0 Å². The van der Waals surface area contributed by atoms with Gasteiger partial charge in [0.1, 0.15) is 61.0 Å². The highest BCUT2D eigenvalue weighted by atomic mass is 16.8. The molecule has 4 saturated carbocycles. The van der Waals surface area contributed by atoms with Crippen LogP contribution in [0.5, 0.6) is 0 Å². The van der Waals surface area contributed by atoms with Gasteiger partial charge in [-0.15, -0.1) is 0 Å². The van der Waals surface area contributed by atoms with E-state index in [1.54, 1.807) is 0 Å². The van der Waals surface area contributed by atoms with E-state index in [9.17, 15) is 60.7 Å². The summed E-state index contributed by atoms with van der Waals surface area (Å²) in [4.78, 5) is 26.2. The van der Waals surface area contributed by atoms with Crippen LogP contribution in [-0.2, 0) is 38.0 Å². The van der Waals surface area contributed by atoms with Gasteiger partial charge in [-0.05, 0) is 109 Å². The molecule has 0 aromatic rings. The lowest BCUT2D eigenvalue weighted by Gasteiger charge is -2.71. The van der Waals surface area contributed by atoms with Crippen molar-refractivity contribution in [3.8, 4) is 0 Å². The highest BCUT2D eigenvalue weighted by Crippen LogP contribution is 2.76. The molecule has 0 spiro atoms. The van der Waals surface area contributed by atoms with Gasteiger partial charge in [-0.2, -0.15) is 0 Å². The normalized spacial score (nSPS) is 52.6. The minimum Gasteiger partial charge on any atom is -0.481 e. The monoisotopic (exact) mass is 926 g/mol. The third-order valence-electron chi connectivity index (χ3n) is 19.0. The molecule has 0 radical (unpaired) electrons. The Bertz CT molecular complexity index is 1820. The number of carboxylic acids is 2. The standard InChI is InChI=1S/C47H74O18/c1-42(2)14-16-47(41(58)59)17-15-45(6)21(22(47)18-42)8-9-26-44(5)12-11-27(43(3,4)25(44)10-13-46(26,45)7)62-40-33(55)34(63-39-32(54)30(52)28(50)23(19-48)60-39)35(36(65-40)37(56)57)64-38-31(53)29(51)24(20-49)61-38/h8,22-36,38-40,48-55H,9-20H2,1-7H3,(H,56,57)(H,58,59)/t22-,23+,24+,25-,26+,27-,28+,29+,30-,31-,32+,33+,34+,35-,36-,38+,39-,40+,44-,45+,46+,47-/m0/s1. The zero-order chi connectivity index (χ0) is 47.6. The Morgan fingerprint density at radius 3 is 1.82 bits per heavy atom. The van der Waals surface area contributed by atoms with Gasteiger partial charge in [-0.3, -0.25) is 4.79 Å². The number of aliphatic hydroxyl groups is 8. The van der Waals surface area contributed by atoms with Crippen LogP contribution in [0.3, 0.4) is 0 Å². The quantitative estimate of drug-likeness (QED) is 0.110. The van der Waals surface area contributed by atoms with E-state index in [4.69, 9.17) is 28.4 Å². The molecule has 3 heterocycles. The highest BCUT2D eigenvalue weighted by Gasteiger charge is 2.70. The van der Waals surface area contributed by atoms with Crippen molar-refractivity contribution in [2.45, 2.75) is 205 Å². The highest BCUT2D eigenvalue weighted by molar-refractivity contribution is 5.76. The zero-order valence-electron chi connectivity index (χ0n) is 38.7. The van der Waals surface area contributed by atoms with Crippen LogP contribution in [0.15, 0.2) is 11.6 Å². The van der Waals surface area contributed by atoms with Gasteiger partial charge < -0.3 is 79.5 Å². The van der Waals surface area contributed by atoms with Crippen molar-refractivity contribution >= 4 is 11.9 Å². The molecular formula is C47H74O18. The molecule has 0 aromatic heterocycles. The average Bonchev–Trinajstić information content (AvgIpc) is 3.51. The van der Waals surface area contributed by atoms with Crippen molar-refractivity contribution in [2.24, 2.45) is 50.2 Å². The first-order chi connectivity index (χ1) is 30.3. The van der Waals surface area contributed by atoms with E-state index >= 15 is 0 Å². The molecule has 18 heteroatoms. The van der Waals surface area contributed by atoms with Crippen LogP contribution in [0.1, 0.15) is 113 Å². The Morgan fingerprint density at radius 2 is 1.22 bits per heavy atom. The average molecular weight is 927 g/mol. The van der Waals surface area contributed by atoms with E-state index in [0.717, 1.165) is 44.9 Å². The molecule has 7 fully saturated rings. The number of hydrogen-bond acceptors (Lipinski definition) is 16. The molecular weight excluding hydrogens is 852 g/mol. The van der Waals surface area contributed by atoms with Gasteiger partial charge in [0.15, 0.2) is 25.0 Å². The fourth-order valence-corrected chi connectivity index (χ4v) is 14.9. The van der Waals surface area contributed by atoms with Crippen molar-refractivity contribution in [3.63, 3.8) is 0 Å². The largest absolute Gasteiger partial charge is 0.481 e. The zero-order valence-corrected chi connectivity index (χ0v) is 38.7. The first-order valence-corrected chi connectivity index (χ1v) is 23.7. The SMILES string of the molecule is CC1(C)CC[C@]2(C(=O)O)CC[C@]3(C)C(=CC[C@@H]4[C@@]5(C)CC[C@H](O[C@@H]6O[C@H](C(=O)O)[C@@H](O[C@H]7O[C@H](CO)[C@@H](O)[C@@H]7O)[C@H](O[C@@H]7O[C@H](CO)[C@@H](O)[C@H](O)[C@H]7O)[C@H]6O)C(C)(C)[C@@H]5CC[C@]43C)[C@@H]2C1. The van der Waals surface area contributed by atoms with E-state index < -0.39 is 128 Å². The van der Waals surface area contributed by atoms with Crippen LogP contribution in [0.4, 0.5) is 0 Å². The minimum atomic E-state index is -1.99. The van der Waals surface area contributed by atoms with Gasteiger partial charge in [0.2, 0.25) is 0 Å². The summed E-state index contributed by atoms with van der Waals surface area (Å²) >= 11 is 0. The lowest BCUT2D eigenvalue weighted by atomic mass is 9.33. The summed E-state index contributed by atoms with van der Waals surface area (Å²) in [5.74, 6) is -1.89. The maximum Gasteiger partial charge on any atom is 0.335 e. The Morgan fingerprint density at radius 1 is 0.646 bits per heavy atom. The number of carboxylic acid groups (broad SMARTS) is 2. The second-order valence-corrected chi connectivity index (χ2v) is 23.0. The number of carbonyl (C=O) groups is 2. The fraction of sp³-hybridized carbons (Fsp3) is 0.915. The second-order valence-electron chi connectivity index (χ2n) is 23.0. The number of hydrogen-bond donors (Lipinski definition) is 10. The maximum absolute atomic E-state index is 13.1. The number of aliphatic hydroxyl groups excluding tert-OH is 8. The van der Waals surface area contributed by atoms with Crippen molar-refractivity contribution in [3.05, 3.63) is 11.6 Å². The third-order valence-corrected chi connectivity index (χ3v) is 19.0. The van der Waals surface area contributed by atoms with E-state index in [-0.39, 0.29) is 39.4 Å². The Balaban J connectivity index is 1.06. The summed E-state index contributed by atoms with van der Waals surface area (Å²) in [5.41, 5.74) is -0.370. The van der Waals surface area contributed by atoms with Gasteiger partial charge in [-0.1, -0.05) is 60.1 Å². The third kappa shape index (κ3) is 7.67. The molecule has 10 N–H and O–H groups in total. The van der Waals surface area contributed by atoms with E-state index in [1.807, 2.05) is 0 Å². The number of allylic oxidation sites excluding steroid dienone is 2. The molecule has 0 bridgehead atoms. The topological polar surface area (TPSA) is 292 Å². The summed E-state index contributed by atoms with van der Waals surface area (Å²) in [7, 11) is 0. The molecule has 8 rings (SSSR count). The molecule has 8 aliphatic rings. The molecule has 65 heavy (non-hydrogen) atoms. The molecule has 370 valence electrons. The van der Waals surface area contributed by atoms with Gasteiger partial charge in [0.05, 0.1) is 24.7 Å². The number of ether oxygens (including phenoxy) is 6. The van der Waals surface area contributed by atoms with Gasteiger partial charge in [-0.25, -0.2) is 4.79 Å². The first kappa shape index (κ1) is 49.5. The fourth-order valence-electron chi connectivity index (χ4n) is 14.9. The van der Waals surface area contributed by atoms with Crippen LogP contribution in [0.25, 0.3) is 0 Å². The summed E-state index contributed by atoms with van der Waals surface area (Å²) in [6.45, 7) is 14.5. The predicted molar refractivity (Wildman–Crippen MR) is 225 cm³/mol.